The lowest BCUT2D eigenvalue weighted by atomic mass is 10.5. The fourth-order valence-electron chi connectivity index (χ4n) is 0.341. The molecule has 0 rings (SSSR count). The predicted octanol–water partition coefficient (Wildman–Crippen LogP) is -0.442. The second-order valence-electron chi connectivity index (χ2n) is 2.11. The number of ketones is 1. The molecule has 0 heterocycles. The number of nitrogens with one attached hydrogen (secondary N) is 1. The molecule has 0 aliphatic carbocycles. The summed E-state index contributed by atoms with van der Waals surface area (Å²) in [5, 5.41) is 1.28. The summed E-state index contributed by atoms with van der Waals surface area (Å²) in [4.78, 5) is 20.9. The molecule has 1 N–H and O–H groups in total. The molecule has 0 fully saturated rings. The van der Waals surface area contributed by atoms with Crippen LogP contribution in [0.15, 0.2) is 0 Å². The molecule has 4 heteroatoms. The Morgan fingerprint density at radius 2 is 1.90 bits per heavy atom. The van der Waals surface area contributed by atoms with Gasteiger partial charge in [0.15, 0.2) is 0 Å². The highest BCUT2D eigenvalue weighted by Gasteiger charge is 2.00. The zero-order valence-corrected chi connectivity index (χ0v) is 6.47. The zero-order chi connectivity index (χ0) is 8.15. The fourth-order valence-corrected chi connectivity index (χ4v) is 0.341. The lowest BCUT2D eigenvalue weighted by molar-refractivity contribution is -0.130. The third-order valence-electron chi connectivity index (χ3n) is 1.04. The van der Waals surface area contributed by atoms with E-state index in [4.69, 9.17) is 0 Å². The molecule has 0 aromatic rings. The highest BCUT2D eigenvalue weighted by molar-refractivity contribution is 5.78. The summed E-state index contributed by atoms with van der Waals surface area (Å²) in [6, 6.07) is 0. The largest absolute Gasteiger partial charge is 0.299 e. The van der Waals surface area contributed by atoms with E-state index >= 15 is 0 Å². The van der Waals surface area contributed by atoms with Crippen molar-refractivity contribution >= 4 is 11.7 Å². The van der Waals surface area contributed by atoms with Crippen LogP contribution in [0.5, 0.6) is 0 Å². The van der Waals surface area contributed by atoms with Gasteiger partial charge >= 0.3 is 0 Å². The maximum atomic E-state index is 10.5. The van der Waals surface area contributed by atoms with E-state index in [2.05, 4.69) is 5.43 Å². The van der Waals surface area contributed by atoms with Crippen molar-refractivity contribution in [2.75, 3.05) is 13.6 Å². The maximum absolute atomic E-state index is 10.5. The van der Waals surface area contributed by atoms with Crippen molar-refractivity contribution < 1.29 is 9.59 Å². The Labute approximate surface area is 60.2 Å². The zero-order valence-electron chi connectivity index (χ0n) is 6.47. The van der Waals surface area contributed by atoms with Crippen molar-refractivity contribution in [3.63, 3.8) is 0 Å². The Hall–Kier alpha value is -0.900. The Bertz CT molecular complexity index is 145. The van der Waals surface area contributed by atoms with Gasteiger partial charge in [-0.15, -0.1) is 0 Å². The van der Waals surface area contributed by atoms with Gasteiger partial charge in [0.2, 0.25) is 5.91 Å². The van der Waals surface area contributed by atoms with Crippen LogP contribution in [0.25, 0.3) is 0 Å². The highest BCUT2D eigenvalue weighted by atomic mass is 16.2. The van der Waals surface area contributed by atoms with E-state index in [1.807, 2.05) is 0 Å². The van der Waals surface area contributed by atoms with Crippen molar-refractivity contribution in [2.45, 2.75) is 13.8 Å². The third kappa shape index (κ3) is 4.03. The third-order valence-corrected chi connectivity index (χ3v) is 1.04. The molecule has 0 aromatic carbocycles. The van der Waals surface area contributed by atoms with E-state index in [1.54, 1.807) is 7.05 Å². The molecule has 10 heavy (non-hydrogen) atoms. The van der Waals surface area contributed by atoms with Crippen LogP contribution in [0.3, 0.4) is 0 Å². The number of carbonyl (C=O) groups excluding carboxylic acids is 2. The Kier molecular flexibility index (Phi) is 3.64. The minimum Gasteiger partial charge on any atom is -0.299 e. The molecule has 1 amide bonds. The lowest BCUT2D eigenvalue weighted by Crippen LogP contribution is -2.40. The van der Waals surface area contributed by atoms with Crippen molar-refractivity contribution in [2.24, 2.45) is 0 Å². The van der Waals surface area contributed by atoms with Gasteiger partial charge < -0.3 is 0 Å². The smallest absolute Gasteiger partial charge is 0.233 e. The van der Waals surface area contributed by atoms with Crippen LogP contribution in [0, 0.1) is 0 Å². The van der Waals surface area contributed by atoms with E-state index in [1.165, 1.54) is 18.9 Å². The number of Topliss-reactive ketones (excluding diaryl/α,β-unsaturated/α-hetero) is 1. The van der Waals surface area contributed by atoms with Gasteiger partial charge in [0.05, 0.1) is 6.54 Å². The highest BCUT2D eigenvalue weighted by Crippen LogP contribution is 1.75. The van der Waals surface area contributed by atoms with Crippen molar-refractivity contribution in [3.8, 4) is 0 Å². The van der Waals surface area contributed by atoms with Crippen LogP contribution in [0.4, 0.5) is 0 Å². The normalized spacial score (nSPS) is 9.10. The SMILES string of the molecule is CC(=O)CNN(C)C(C)=O. The van der Waals surface area contributed by atoms with Crippen LogP contribution >= 0.6 is 0 Å². The van der Waals surface area contributed by atoms with Crippen molar-refractivity contribution in [1.29, 1.82) is 0 Å². The Morgan fingerprint density at radius 3 is 2.20 bits per heavy atom. The number of hydrazine groups is 1. The van der Waals surface area contributed by atoms with Crippen LogP contribution < -0.4 is 5.43 Å². The van der Waals surface area contributed by atoms with Crippen LogP contribution in [0.1, 0.15) is 13.8 Å². The van der Waals surface area contributed by atoms with Gasteiger partial charge in [0, 0.05) is 14.0 Å². The topological polar surface area (TPSA) is 49.4 Å². The van der Waals surface area contributed by atoms with E-state index in [-0.39, 0.29) is 18.2 Å². The van der Waals surface area contributed by atoms with Gasteiger partial charge in [0.1, 0.15) is 5.78 Å². The summed E-state index contributed by atoms with van der Waals surface area (Å²) < 4.78 is 0. The molecule has 0 unspecified atom stereocenters. The van der Waals surface area contributed by atoms with Gasteiger partial charge in [-0.1, -0.05) is 0 Å². The first-order chi connectivity index (χ1) is 4.54. The lowest BCUT2D eigenvalue weighted by Gasteiger charge is -2.14. The number of hydrogen-bond acceptors (Lipinski definition) is 3. The maximum Gasteiger partial charge on any atom is 0.233 e. The monoisotopic (exact) mass is 144 g/mol. The van der Waals surface area contributed by atoms with Crippen LogP contribution in [-0.4, -0.2) is 30.3 Å². The summed E-state index contributed by atoms with van der Waals surface area (Å²) in [6.07, 6.45) is 0. The van der Waals surface area contributed by atoms with Gasteiger partial charge in [-0.25, -0.2) is 5.43 Å². The minimum atomic E-state index is -0.110. The van der Waals surface area contributed by atoms with Crippen molar-refractivity contribution in [1.82, 2.24) is 10.4 Å². The quantitative estimate of drug-likeness (QED) is 0.546. The average Bonchev–Trinajstić information content (AvgIpc) is 1.82. The number of carbonyl (C=O) groups is 2. The second-order valence-corrected chi connectivity index (χ2v) is 2.11. The number of nitrogens with zero attached hydrogens (tertiary/aromatic N) is 1. The molecule has 0 saturated heterocycles. The molecule has 0 aliphatic heterocycles. The molecule has 0 bridgehead atoms. The number of rotatable bonds is 3. The summed E-state index contributed by atoms with van der Waals surface area (Å²) in [6.45, 7) is 3.09. The molecule has 58 valence electrons. The summed E-state index contributed by atoms with van der Waals surface area (Å²) in [5.41, 5.74) is 2.62. The van der Waals surface area contributed by atoms with E-state index in [0.717, 1.165) is 0 Å². The Morgan fingerprint density at radius 1 is 1.40 bits per heavy atom. The van der Waals surface area contributed by atoms with Crippen LogP contribution in [0.2, 0.25) is 0 Å². The van der Waals surface area contributed by atoms with Crippen molar-refractivity contribution in [3.05, 3.63) is 0 Å². The molecule has 0 aromatic heterocycles. The Balaban J connectivity index is 3.49. The summed E-state index contributed by atoms with van der Waals surface area (Å²) in [7, 11) is 1.57. The number of amides is 1. The first-order valence-corrected chi connectivity index (χ1v) is 3.01. The second kappa shape index (κ2) is 4.00. The fraction of sp³-hybridized carbons (Fsp3) is 0.667. The average molecular weight is 144 g/mol. The van der Waals surface area contributed by atoms with E-state index in [0.29, 0.717) is 0 Å². The van der Waals surface area contributed by atoms with Gasteiger partial charge in [-0.05, 0) is 6.92 Å². The van der Waals surface area contributed by atoms with E-state index < -0.39 is 0 Å². The number of hydrogen-bond donors (Lipinski definition) is 1. The van der Waals surface area contributed by atoms with Gasteiger partial charge in [0.25, 0.3) is 0 Å². The van der Waals surface area contributed by atoms with Crippen LogP contribution in [-0.2, 0) is 9.59 Å². The molecule has 0 spiro atoms. The standard InChI is InChI=1S/C6H12N2O2/c1-5(9)4-7-8(3)6(2)10/h7H,4H2,1-3H3. The molecule has 0 aliphatic rings. The van der Waals surface area contributed by atoms with Gasteiger partial charge in [-0.2, -0.15) is 0 Å². The van der Waals surface area contributed by atoms with Gasteiger partial charge in [-0.3, -0.25) is 14.6 Å². The first kappa shape index (κ1) is 9.10. The molecule has 0 radical (unpaired) electrons. The minimum absolute atomic E-state index is 0.00750. The molecule has 0 saturated carbocycles. The summed E-state index contributed by atoms with van der Waals surface area (Å²) >= 11 is 0. The summed E-state index contributed by atoms with van der Waals surface area (Å²) in [5.74, 6) is -0.102. The molecular weight excluding hydrogens is 132 g/mol. The van der Waals surface area contributed by atoms with E-state index in [9.17, 15) is 9.59 Å². The molecule has 4 nitrogen and oxygen atoms in total. The predicted molar refractivity (Wildman–Crippen MR) is 37.1 cm³/mol. The molecular formula is C6H12N2O2. The molecule has 0 atom stereocenters. The first-order valence-electron chi connectivity index (χ1n) is 3.01.